The van der Waals surface area contributed by atoms with E-state index in [1.54, 1.807) is 0 Å². The Balaban J connectivity index is 1.47. The summed E-state index contributed by atoms with van der Waals surface area (Å²) >= 11 is 0. The SMILES string of the molecule is O=C(c1ccccc1)N1CCC(N[C@@H]2COCC[C@@H]2OCCO)CC1. The summed E-state index contributed by atoms with van der Waals surface area (Å²) in [6, 6.07) is 9.99. The minimum Gasteiger partial charge on any atom is -0.394 e. The second kappa shape index (κ2) is 9.29. The highest BCUT2D eigenvalue weighted by Gasteiger charge is 2.30. The van der Waals surface area contributed by atoms with E-state index in [9.17, 15) is 4.79 Å². The molecule has 0 unspecified atom stereocenters. The number of nitrogens with zero attached hydrogens (tertiary/aromatic N) is 1. The predicted molar refractivity (Wildman–Crippen MR) is 94.6 cm³/mol. The predicted octanol–water partition coefficient (Wildman–Crippen LogP) is 1.05. The number of ether oxygens (including phenoxy) is 2. The molecule has 0 aromatic heterocycles. The third-order valence-electron chi connectivity index (χ3n) is 4.97. The molecule has 2 saturated heterocycles. The first-order chi connectivity index (χ1) is 12.3. The number of hydrogen-bond donors (Lipinski definition) is 2. The van der Waals surface area contributed by atoms with Crippen molar-refractivity contribution < 1.29 is 19.4 Å². The van der Waals surface area contributed by atoms with Gasteiger partial charge in [-0.25, -0.2) is 0 Å². The standard InChI is InChI=1S/C19H28N2O4/c22-11-13-25-18-8-12-24-14-17(18)20-16-6-9-21(10-7-16)19(23)15-4-2-1-3-5-15/h1-5,16-18,20,22H,6-14H2/t17-,18+/m1/s1. The average molecular weight is 348 g/mol. The molecule has 2 fully saturated rings. The molecule has 25 heavy (non-hydrogen) atoms. The van der Waals surface area contributed by atoms with Gasteiger partial charge in [-0.3, -0.25) is 4.79 Å². The molecule has 6 nitrogen and oxygen atoms in total. The van der Waals surface area contributed by atoms with Gasteiger partial charge in [-0.1, -0.05) is 18.2 Å². The van der Waals surface area contributed by atoms with E-state index in [1.165, 1.54) is 0 Å². The van der Waals surface area contributed by atoms with Crippen LogP contribution in [0.15, 0.2) is 30.3 Å². The van der Waals surface area contributed by atoms with E-state index < -0.39 is 0 Å². The highest BCUT2D eigenvalue weighted by atomic mass is 16.5. The fourth-order valence-corrected chi connectivity index (χ4v) is 3.59. The number of aliphatic hydroxyl groups excluding tert-OH is 1. The molecule has 6 heteroatoms. The van der Waals surface area contributed by atoms with Crippen LogP contribution in [0.1, 0.15) is 29.6 Å². The van der Waals surface area contributed by atoms with E-state index in [-0.39, 0.29) is 24.7 Å². The third-order valence-corrected chi connectivity index (χ3v) is 4.97. The van der Waals surface area contributed by atoms with Crippen LogP contribution in [0.25, 0.3) is 0 Å². The maximum Gasteiger partial charge on any atom is 0.253 e. The van der Waals surface area contributed by atoms with Crippen molar-refractivity contribution in [2.24, 2.45) is 0 Å². The molecule has 1 aromatic rings. The monoisotopic (exact) mass is 348 g/mol. The van der Waals surface area contributed by atoms with Gasteiger partial charge < -0.3 is 24.8 Å². The molecular formula is C19H28N2O4. The third kappa shape index (κ3) is 5.01. The Morgan fingerprint density at radius 2 is 2.00 bits per heavy atom. The maximum absolute atomic E-state index is 12.5. The molecule has 0 saturated carbocycles. The minimum atomic E-state index is 0.0457. The van der Waals surface area contributed by atoms with Crippen LogP contribution >= 0.6 is 0 Å². The van der Waals surface area contributed by atoms with Crippen molar-refractivity contribution in [2.75, 3.05) is 39.5 Å². The van der Waals surface area contributed by atoms with E-state index in [1.807, 2.05) is 35.2 Å². The first-order valence-corrected chi connectivity index (χ1v) is 9.18. The van der Waals surface area contributed by atoms with Crippen LogP contribution in [-0.4, -0.2) is 73.6 Å². The van der Waals surface area contributed by atoms with E-state index in [0.29, 0.717) is 25.9 Å². The fraction of sp³-hybridized carbons (Fsp3) is 0.632. The number of carbonyl (C=O) groups excluding carboxylic acids is 1. The van der Waals surface area contributed by atoms with E-state index in [4.69, 9.17) is 14.6 Å². The fourth-order valence-electron chi connectivity index (χ4n) is 3.59. The Hall–Kier alpha value is -1.47. The second-order valence-electron chi connectivity index (χ2n) is 6.70. The number of aliphatic hydroxyl groups is 1. The van der Waals surface area contributed by atoms with Gasteiger partial charge in [0.25, 0.3) is 5.91 Å². The normalized spacial score (nSPS) is 25.1. The minimum absolute atomic E-state index is 0.0457. The van der Waals surface area contributed by atoms with Crippen LogP contribution in [0.5, 0.6) is 0 Å². The number of rotatable bonds is 6. The van der Waals surface area contributed by atoms with Gasteiger partial charge in [-0.15, -0.1) is 0 Å². The van der Waals surface area contributed by atoms with Crippen LogP contribution in [0.4, 0.5) is 0 Å². The summed E-state index contributed by atoms with van der Waals surface area (Å²) < 4.78 is 11.3. The maximum atomic E-state index is 12.5. The molecule has 0 radical (unpaired) electrons. The Morgan fingerprint density at radius 3 is 2.72 bits per heavy atom. The van der Waals surface area contributed by atoms with Gasteiger partial charge in [-0.05, 0) is 31.4 Å². The number of piperidine rings is 1. The summed E-state index contributed by atoms with van der Waals surface area (Å²) in [4.78, 5) is 14.4. The summed E-state index contributed by atoms with van der Waals surface area (Å²) in [6.45, 7) is 3.29. The molecule has 0 aliphatic carbocycles. The molecular weight excluding hydrogens is 320 g/mol. The van der Waals surface area contributed by atoms with Crippen LogP contribution in [-0.2, 0) is 9.47 Å². The van der Waals surface area contributed by atoms with Gasteiger partial charge in [0, 0.05) is 31.3 Å². The van der Waals surface area contributed by atoms with E-state index in [0.717, 1.165) is 37.9 Å². The topological polar surface area (TPSA) is 71.0 Å². The lowest BCUT2D eigenvalue weighted by molar-refractivity contribution is -0.0669. The molecule has 0 bridgehead atoms. The highest BCUT2D eigenvalue weighted by Crippen LogP contribution is 2.18. The van der Waals surface area contributed by atoms with Crippen molar-refractivity contribution in [3.63, 3.8) is 0 Å². The molecule has 2 aliphatic rings. The van der Waals surface area contributed by atoms with Crippen LogP contribution in [0.3, 0.4) is 0 Å². The number of nitrogens with one attached hydrogen (secondary N) is 1. The Kier molecular flexibility index (Phi) is 6.81. The lowest BCUT2D eigenvalue weighted by atomic mass is 9.99. The summed E-state index contributed by atoms with van der Waals surface area (Å²) in [5.41, 5.74) is 0.757. The first-order valence-electron chi connectivity index (χ1n) is 9.18. The smallest absolute Gasteiger partial charge is 0.253 e. The van der Waals surface area contributed by atoms with Crippen LogP contribution in [0, 0.1) is 0 Å². The highest BCUT2D eigenvalue weighted by molar-refractivity contribution is 5.94. The summed E-state index contributed by atoms with van der Waals surface area (Å²) in [7, 11) is 0. The lowest BCUT2D eigenvalue weighted by Crippen LogP contribution is -2.55. The zero-order valence-electron chi connectivity index (χ0n) is 14.6. The molecule has 0 spiro atoms. The zero-order chi connectivity index (χ0) is 17.5. The van der Waals surface area contributed by atoms with E-state index in [2.05, 4.69) is 5.32 Å². The first kappa shape index (κ1) is 18.3. The molecule has 3 rings (SSSR count). The molecule has 1 amide bonds. The molecule has 138 valence electrons. The number of benzene rings is 1. The average Bonchev–Trinajstić information content (AvgIpc) is 2.68. The number of hydrogen-bond acceptors (Lipinski definition) is 5. The van der Waals surface area contributed by atoms with Crippen LogP contribution < -0.4 is 5.32 Å². The molecule has 2 aliphatic heterocycles. The number of carbonyl (C=O) groups is 1. The quantitative estimate of drug-likeness (QED) is 0.804. The van der Waals surface area contributed by atoms with Gasteiger partial charge in [0.1, 0.15) is 0 Å². The number of likely N-dealkylation sites (tertiary alicyclic amines) is 1. The largest absolute Gasteiger partial charge is 0.394 e. The van der Waals surface area contributed by atoms with Gasteiger partial charge in [0.15, 0.2) is 0 Å². The second-order valence-corrected chi connectivity index (χ2v) is 6.70. The van der Waals surface area contributed by atoms with Crippen molar-refractivity contribution in [2.45, 2.75) is 37.5 Å². The summed E-state index contributed by atoms with van der Waals surface area (Å²) in [5, 5.41) is 12.6. The van der Waals surface area contributed by atoms with Crippen molar-refractivity contribution in [1.82, 2.24) is 10.2 Å². The molecule has 2 atom stereocenters. The van der Waals surface area contributed by atoms with Gasteiger partial charge in [-0.2, -0.15) is 0 Å². The van der Waals surface area contributed by atoms with Crippen LogP contribution in [0.2, 0.25) is 0 Å². The molecule has 1 aromatic carbocycles. The van der Waals surface area contributed by atoms with Crippen molar-refractivity contribution >= 4 is 5.91 Å². The zero-order valence-corrected chi connectivity index (χ0v) is 14.6. The Morgan fingerprint density at radius 1 is 1.24 bits per heavy atom. The summed E-state index contributed by atoms with van der Waals surface area (Å²) in [6.07, 6.45) is 2.80. The van der Waals surface area contributed by atoms with Gasteiger partial charge in [0.05, 0.1) is 32.0 Å². The number of amides is 1. The van der Waals surface area contributed by atoms with E-state index >= 15 is 0 Å². The van der Waals surface area contributed by atoms with Gasteiger partial charge in [0.2, 0.25) is 0 Å². The van der Waals surface area contributed by atoms with Crippen molar-refractivity contribution in [3.05, 3.63) is 35.9 Å². The Labute approximate surface area is 149 Å². The van der Waals surface area contributed by atoms with Crippen molar-refractivity contribution in [3.8, 4) is 0 Å². The summed E-state index contributed by atoms with van der Waals surface area (Å²) in [5.74, 6) is 0.115. The Bertz CT molecular complexity index is 531. The molecule has 2 heterocycles. The lowest BCUT2D eigenvalue weighted by Gasteiger charge is -2.38. The van der Waals surface area contributed by atoms with Crippen molar-refractivity contribution in [1.29, 1.82) is 0 Å². The van der Waals surface area contributed by atoms with Gasteiger partial charge >= 0.3 is 0 Å². The molecule has 2 N–H and O–H groups in total.